The highest BCUT2D eigenvalue weighted by molar-refractivity contribution is 5.79. The summed E-state index contributed by atoms with van der Waals surface area (Å²) in [6.45, 7) is 5.69. The maximum atomic E-state index is 5.00. The molecule has 4 heteroatoms. The van der Waals surface area contributed by atoms with Gasteiger partial charge >= 0.3 is 0 Å². The predicted octanol–water partition coefficient (Wildman–Crippen LogP) is 1.88. The van der Waals surface area contributed by atoms with Gasteiger partial charge in [0.25, 0.3) is 0 Å². The highest BCUT2D eigenvalue weighted by atomic mass is 16.5. The molecular formula is C15H23N3O. The first kappa shape index (κ1) is 14.1. The molecule has 0 bridgehead atoms. The van der Waals surface area contributed by atoms with Crippen molar-refractivity contribution >= 4 is 10.9 Å². The number of H-pyrrole nitrogens is 1. The summed E-state index contributed by atoms with van der Waals surface area (Å²) < 4.78 is 5.00. The van der Waals surface area contributed by atoms with E-state index in [2.05, 4.69) is 46.8 Å². The van der Waals surface area contributed by atoms with E-state index in [1.54, 1.807) is 7.11 Å². The van der Waals surface area contributed by atoms with Crippen LogP contribution in [-0.4, -0.2) is 37.8 Å². The van der Waals surface area contributed by atoms with Gasteiger partial charge < -0.3 is 20.4 Å². The quantitative estimate of drug-likeness (QED) is 0.636. The fourth-order valence-electron chi connectivity index (χ4n) is 2.06. The molecule has 0 amide bonds. The minimum atomic E-state index is 0.441. The van der Waals surface area contributed by atoms with Crippen LogP contribution in [0.25, 0.3) is 10.9 Å². The minimum absolute atomic E-state index is 0.441. The molecule has 4 nitrogen and oxygen atoms in total. The zero-order valence-corrected chi connectivity index (χ0v) is 11.7. The largest absolute Gasteiger partial charge is 0.383 e. The maximum absolute atomic E-state index is 5.00. The number of rotatable bonds is 8. The van der Waals surface area contributed by atoms with Crippen molar-refractivity contribution < 1.29 is 4.74 Å². The van der Waals surface area contributed by atoms with Crippen molar-refractivity contribution in [3.8, 4) is 0 Å². The van der Waals surface area contributed by atoms with Gasteiger partial charge in [-0.25, -0.2) is 0 Å². The van der Waals surface area contributed by atoms with Crippen LogP contribution in [0.4, 0.5) is 0 Å². The summed E-state index contributed by atoms with van der Waals surface area (Å²) in [7, 11) is 1.72. The molecule has 0 aliphatic rings. The van der Waals surface area contributed by atoms with Gasteiger partial charge in [-0.3, -0.25) is 0 Å². The Bertz CT molecular complexity index is 495. The van der Waals surface area contributed by atoms with Gasteiger partial charge in [0, 0.05) is 44.5 Å². The number of aromatic nitrogens is 1. The Morgan fingerprint density at radius 2 is 2.21 bits per heavy atom. The van der Waals surface area contributed by atoms with Gasteiger partial charge in [0.15, 0.2) is 0 Å². The summed E-state index contributed by atoms with van der Waals surface area (Å²) in [6, 6.07) is 9.07. The van der Waals surface area contributed by atoms with Crippen LogP contribution in [0.1, 0.15) is 12.5 Å². The Morgan fingerprint density at radius 1 is 1.32 bits per heavy atom. The summed E-state index contributed by atoms with van der Waals surface area (Å²) in [5, 5.41) is 8.13. The molecule has 0 spiro atoms. The molecule has 1 unspecified atom stereocenters. The Balaban J connectivity index is 1.74. The van der Waals surface area contributed by atoms with Crippen LogP contribution in [0.2, 0.25) is 0 Å². The molecule has 0 saturated carbocycles. The van der Waals surface area contributed by atoms with Gasteiger partial charge in [0.05, 0.1) is 6.61 Å². The van der Waals surface area contributed by atoms with E-state index in [0.29, 0.717) is 6.04 Å². The Kier molecular flexibility index (Phi) is 5.39. The monoisotopic (exact) mass is 261 g/mol. The van der Waals surface area contributed by atoms with Crippen LogP contribution in [-0.2, 0) is 11.3 Å². The molecule has 0 aliphatic heterocycles. The average Bonchev–Trinajstić information content (AvgIpc) is 2.89. The van der Waals surface area contributed by atoms with Gasteiger partial charge in [0.1, 0.15) is 0 Å². The molecule has 0 radical (unpaired) electrons. The normalized spacial score (nSPS) is 12.9. The first-order valence-electron chi connectivity index (χ1n) is 6.78. The van der Waals surface area contributed by atoms with Crippen LogP contribution in [0.15, 0.2) is 30.5 Å². The van der Waals surface area contributed by atoms with Gasteiger partial charge in [-0.15, -0.1) is 0 Å². The number of aromatic amines is 1. The first-order chi connectivity index (χ1) is 9.29. The van der Waals surface area contributed by atoms with Crippen molar-refractivity contribution in [1.29, 1.82) is 0 Å². The number of fused-ring (bicyclic) bond motifs is 1. The molecular weight excluding hydrogens is 238 g/mol. The molecule has 1 atom stereocenters. The van der Waals surface area contributed by atoms with Crippen molar-refractivity contribution in [3.05, 3.63) is 36.0 Å². The van der Waals surface area contributed by atoms with Gasteiger partial charge in [0.2, 0.25) is 0 Å². The van der Waals surface area contributed by atoms with Crippen molar-refractivity contribution in [1.82, 2.24) is 15.6 Å². The summed E-state index contributed by atoms with van der Waals surface area (Å²) in [6.07, 6.45) is 1.98. The van der Waals surface area contributed by atoms with Crippen LogP contribution in [0, 0.1) is 0 Å². The van der Waals surface area contributed by atoms with Crippen molar-refractivity contribution in [2.75, 3.05) is 26.8 Å². The van der Waals surface area contributed by atoms with E-state index in [1.807, 2.05) is 6.20 Å². The van der Waals surface area contributed by atoms with Crippen molar-refractivity contribution in [3.63, 3.8) is 0 Å². The fraction of sp³-hybridized carbons (Fsp3) is 0.467. The Morgan fingerprint density at radius 3 is 3.05 bits per heavy atom. The van der Waals surface area contributed by atoms with E-state index in [4.69, 9.17) is 4.74 Å². The SMILES string of the molecule is COCCNCC(C)NCc1ccc2cc[nH]c2c1. The third-order valence-corrected chi connectivity index (χ3v) is 3.21. The second-order valence-corrected chi connectivity index (χ2v) is 4.88. The number of hydrogen-bond acceptors (Lipinski definition) is 3. The standard InChI is InChI=1S/C15H23N3O/c1-12(10-16-7-8-19-2)18-11-13-3-4-14-5-6-17-15(14)9-13/h3-6,9,12,16-18H,7-8,10-11H2,1-2H3. The molecule has 0 saturated heterocycles. The van der Waals surface area contributed by atoms with Crippen LogP contribution < -0.4 is 10.6 Å². The summed E-state index contributed by atoms with van der Waals surface area (Å²) in [4.78, 5) is 3.24. The molecule has 19 heavy (non-hydrogen) atoms. The summed E-state index contributed by atoms with van der Waals surface area (Å²) in [5.41, 5.74) is 2.50. The molecule has 1 heterocycles. The van der Waals surface area contributed by atoms with E-state index >= 15 is 0 Å². The lowest BCUT2D eigenvalue weighted by Crippen LogP contribution is -2.37. The lowest BCUT2D eigenvalue weighted by atomic mass is 10.1. The van der Waals surface area contributed by atoms with Crippen molar-refractivity contribution in [2.24, 2.45) is 0 Å². The molecule has 1 aromatic carbocycles. The number of hydrogen-bond donors (Lipinski definition) is 3. The smallest absolute Gasteiger partial charge is 0.0587 e. The lowest BCUT2D eigenvalue weighted by molar-refractivity contribution is 0.198. The van der Waals surface area contributed by atoms with Crippen molar-refractivity contribution in [2.45, 2.75) is 19.5 Å². The van der Waals surface area contributed by atoms with E-state index < -0.39 is 0 Å². The highest BCUT2D eigenvalue weighted by Crippen LogP contribution is 2.13. The number of methoxy groups -OCH3 is 1. The van der Waals surface area contributed by atoms with Gasteiger partial charge in [-0.1, -0.05) is 12.1 Å². The van der Waals surface area contributed by atoms with E-state index in [-0.39, 0.29) is 0 Å². The van der Waals surface area contributed by atoms with E-state index in [9.17, 15) is 0 Å². The third-order valence-electron chi connectivity index (χ3n) is 3.21. The Hall–Kier alpha value is -1.36. The van der Waals surface area contributed by atoms with Crippen LogP contribution >= 0.6 is 0 Å². The fourth-order valence-corrected chi connectivity index (χ4v) is 2.06. The molecule has 104 valence electrons. The van der Waals surface area contributed by atoms with E-state index in [0.717, 1.165) is 26.2 Å². The van der Waals surface area contributed by atoms with Crippen LogP contribution in [0.5, 0.6) is 0 Å². The molecule has 2 aromatic rings. The highest BCUT2D eigenvalue weighted by Gasteiger charge is 2.02. The maximum Gasteiger partial charge on any atom is 0.0587 e. The summed E-state index contributed by atoms with van der Waals surface area (Å²) in [5.74, 6) is 0. The molecule has 3 N–H and O–H groups in total. The molecule has 1 aromatic heterocycles. The number of ether oxygens (including phenoxy) is 1. The topological polar surface area (TPSA) is 49.1 Å². The third kappa shape index (κ3) is 4.35. The second kappa shape index (κ2) is 7.28. The van der Waals surface area contributed by atoms with E-state index in [1.165, 1.54) is 16.5 Å². The van der Waals surface area contributed by atoms with Gasteiger partial charge in [-0.05, 0) is 30.0 Å². The number of benzene rings is 1. The zero-order valence-electron chi connectivity index (χ0n) is 11.7. The molecule has 0 fully saturated rings. The minimum Gasteiger partial charge on any atom is -0.383 e. The van der Waals surface area contributed by atoms with Gasteiger partial charge in [-0.2, -0.15) is 0 Å². The molecule has 2 rings (SSSR count). The number of nitrogens with one attached hydrogen (secondary N) is 3. The van der Waals surface area contributed by atoms with Crippen LogP contribution in [0.3, 0.4) is 0 Å². The first-order valence-corrected chi connectivity index (χ1v) is 6.78. The predicted molar refractivity (Wildman–Crippen MR) is 79.3 cm³/mol. The zero-order chi connectivity index (χ0) is 13.5. The second-order valence-electron chi connectivity index (χ2n) is 4.88. The lowest BCUT2D eigenvalue weighted by Gasteiger charge is -2.14. The Labute approximate surface area is 114 Å². The molecule has 0 aliphatic carbocycles. The average molecular weight is 261 g/mol. The summed E-state index contributed by atoms with van der Waals surface area (Å²) >= 11 is 0.